The molecule has 0 amide bonds. The number of hydrogen-bond donors (Lipinski definition) is 2. The molecule has 2 unspecified atom stereocenters. The first-order valence-electron chi connectivity index (χ1n) is 6.16. The largest absolute Gasteiger partial charge is 0.476 e. The van der Waals surface area contributed by atoms with Crippen molar-refractivity contribution >= 4 is 39.1 Å². The molecule has 0 spiro atoms. The number of carbonyl (C=O) groups is 1. The number of aromatic carboxylic acids is 1. The summed E-state index contributed by atoms with van der Waals surface area (Å²) in [6.07, 6.45) is 5.67. The lowest BCUT2D eigenvalue weighted by molar-refractivity contribution is 0.0687. The Morgan fingerprint density at radius 3 is 2.95 bits per heavy atom. The summed E-state index contributed by atoms with van der Waals surface area (Å²) in [7, 11) is -3.81. The van der Waals surface area contributed by atoms with E-state index in [1.165, 1.54) is 5.51 Å². The first-order valence-corrected chi connectivity index (χ1v) is 9.81. The lowest BCUT2D eigenvalue weighted by Crippen LogP contribution is -2.39. The number of carboxylic acids is 1. The van der Waals surface area contributed by atoms with Crippen LogP contribution in [-0.4, -0.2) is 42.0 Å². The van der Waals surface area contributed by atoms with Crippen molar-refractivity contribution in [3.05, 3.63) is 11.2 Å². The number of hydrogen-bond acceptors (Lipinski definition) is 6. The van der Waals surface area contributed by atoms with Crippen LogP contribution >= 0.6 is 23.1 Å². The molecule has 6 nitrogen and oxygen atoms in total. The van der Waals surface area contributed by atoms with Crippen molar-refractivity contribution < 1.29 is 18.3 Å². The van der Waals surface area contributed by atoms with Crippen LogP contribution in [0.5, 0.6) is 0 Å². The van der Waals surface area contributed by atoms with Crippen molar-refractivity contribution in [1.82, 2.24) is 9.71 Å². The van der Waals surface area contributed by atoms with Gasteiger partial charge in [-0.15, -0.1) is 11.3 Å². The molecule has 0 radical (unpaired) electrons. The minimum Gasteiger partial charge on any atom is -0.476 e. The molecule has 112 valence electrons. The van der Waals surface area contributed by atoms with Gasteiger partial charge < -0.3 is 5.11 Å². The van der Waals surface area contributed by atoms with E-state index in [4.69, 9.17) is 5.11 Å². The van der Waals surface area contributed by atoms with Crippen LogP contribution in [0.25, 0.3) is 0 Å². The van der Waals surface area contributed by atoms with Crippen molar-refractivity contribution in [2.75, 3.05) is 6.26 Å². The molecule has 0 bridgehead atoms. The van der Waals surface area contributed by atoms with Gasteiger partial charge in [-0.25, -0.2) is 22.9 Å². The van der Waals surface area contributed by atoms with Crippen molar-refractivity contribution in [3.63, 3.8) is 0 Å². The Morgan fingerprint density at radius 1 is 1.55 bits per heavy atom. The van der Waals surface area contributed by atoms with Gasteiger partial charge in [0.15, 0.2) is 9.90 Å². The van der Waals surface area contributed by atoms with Crippen LogP contribution in [-0.2, 0) is 10.0 Å². The molecule has 1 aromatic rings. The summed E-state index contributed by atoms with van der Waals surface area (Å²) in [4.78, 5) is 14.6. The van der Waals surface area contributed by atoms with Crippen molar-refractivity contribution in [1.29, 1.82) is 0 Å². The smallest absolute Gasteiger partial charge is 0.356 e. The maximum Gasteiger partial charge on any atom is 0.356 e. The quantitative estimate of drug-likeness (QED) is 0.851. The predicted molar refractivity (Wildman–Crippen MR) is 79.0 cm³/mol. The van der Waals surface area contributed by atoms with Crippen molar-refractivity contribution in [3.8, 4) is 0 Å². The maximum atomic E-state index is 12.3. The van der Waals surface area contributed by atoms with E-state index in [1.54, 1.807) is 11.8 Å². The molecule has 0 saturated heterocycles. The predicted octanol–water partition coefficient (Wildman–Crippen LogP) is 1.79. The van der Waals surface area contributed by atoms with Crippen LogP contribution in [0, 0.1) is 0 Å². The normalized spacial score (nSPS) is 23.6. The van der Waals surface area contributed by atoms with Gasteiger partial charge in [-0.3, -0.25) is 0 Å². The summed E-state index contributed by atoms with van der Waals surface area (Å²) in [5.41, 5.74) is 0.837. The van der Waals surface area contributed by atoms with Gasteiger partial charge in [0.25, 0.3) is 10.0 Å². The van der Waals surface area contributed by atoms with E-state index in [0.29, 0.717) is 5.25 Å². The fraction of sp³-hybridized carbons (Fsp3) is 0.636. The number of sulfonamides is 1. The molecular formula is C11H16N2O4S3. The Morgan fingerprint density at radius 2 is 2.30 bits per heavy atom. The summed E-state index contributed by atoms with van der Waals surface area (Å²) in [5.74, 6) is -1.32. The second-order valence-corrected chi connectivity index (χ2v) is 8.54. The molecule has 1 saturated carbocycles. The van der Waals surface area contributed by atoms with Crippen LogP contribution < -0.4 is 4.72 Å². The van der Waals surface area contributed by atoms with Gasteiger partial charge in [0.2, 0.25) is 0 Å². The lowest BCUT2D eigenvalue weighted by atomic mass is 9.96. The highest BCUT2D eigenvalue weighted by Gasteiger charge is 2.30. The Balaban J connectivity index is 2.15. The Hall–Kier alpha value is -0.640. The van der Waals surface area contributed by atoms with Crippen LogP contribution in [0.15, 0.2) is 9.72 Å². The molecule has 2 rings (SSSR count). The molecule has 0 aliphatic heterocycles. The zero-order valence-corrected chi connectivity index (χ0v) is 13.4. The molecule has 9 heteroatoms. The number of nitrogens with one attached hydrogen (secondary N) is 1. The first-order chi connectivity index (χ1) is 9.44. The van der Waals surface area contributed by atoms with E-state index in [1.807, 2.05) is 6.26 Å². The van der Waals surface area contributed by atoms with Gasteiger partial charge >= 0.3 is 5.97 Å². The van der Waals surface area contributed by atoms with E-state index in [0.717, 1.165) is 37.0 Å². The van der Waals surface area contributed by atoms with Crippen molar-refractivity contribution in [2.24, 2.45) is 0 Å². The van der Waals surface area contributed by atoms with E-state index >= 15 is 0 Å². The van der Waals surface area contributed by atoms with Crippen LogP contribution in [0.4, 0.5) is 0 Å². The highest BCUT2D eigenvalue weighted by Crippen LogP contribution is 2.28. The average molecular weight is 336 g/mol. The molecule has 2 atom stereocenters. The highest BCUT2D eigenvalue weighted by atomic mass is 32.2. The van der Waals surface area contributed by atoms with E-state index in [2.05, 4.69) is 9.71 Å². The summed E-state index contributed by atoms with van der Waals surface area (Å²) in [5, 5.41) is 9.41. The molecule has 1 heterocycles. The van der Waals surface area contributed by atoms with Gasteiger partial charge in [-0.05, 0) is 25.5 Å². The molecule has 20 heavy (non-hydrogen) atoms. The number of rotatable bonds is 5. The zero-order valence-electron chi connectivity index (χ0n) is 10.9. The molecule has 1 aromatic heterocycles. The third-order valence-corrected chi connectivity index (χ3v) is 7.25. The standard InChI is InChI=1S/C11H16N2O4S3/c1-18-8-4-2-3-7(5-8)13-20(16,17)11-9(10(14)15)12-6-19-11/h6-8,13H,2-5H2,1H3,(H,14,15). The minimum atomic E-state index is -3.81. The second-order valence-electron chi connectivity index (χ2n) is 4.64. The van der Waals surface area contributed by atoms with Gasteiger partial charge in [-0.2, -0.15) is 11.8 Å². The zero-order chi connectivity index (χ0) is 14.8. The lowest BCUT2D eigenvalue weighted by Gasteiger charge is -2.28. The van der Waals surface area contributed by atoms with Crippen LogP contribution in [0.1, 0.15) is 36.2 Å². The molecule has 1 aliphatic rings. The fourth-order valence-corrected chi connectivity index (χ4v) is 5.57. The first kappa shape index (κ1) is 15.7. The van der Waals surface area contributed by atoms with Crippen LogP contribution in [0.2, 0.25) is 0 Å². The SMILES string of the molecule is CSC1CCCC(NS(=O)(=O)c2scnc2C(=O)O)C1. The topological polar surface area (TPSA) is 96.4 Å². The number of thiazole rings is 1. The highest BCUT2D eigenvalue weighted by molar-refractivity contribution is 7.99. The molecule has 1 aliphatic carbocycles. The van der Waals surface area contributed by atoms with Gasteiger partial charge in [0.05, 0.1) is 5.51 Å². The van der Waals surface area contributed by atoms with Gasteiger partial charge in [0, 0.05) is 11.3 Å². The number of carboxylic acid groups (broad SMARTS) is 1. The van der Waals surface area contributed by atoms with Crippen LogP contribution in [0.3, 0.4) is 0 Å². The number of thioether (sulfide) groups is 1. The maximum absolute atomic E-state index is 12.3. The summed E-state index contributed by atoms with van der Waals surface area (Å²) in [6, 6.07) is -0.130. The summed E-state index contributed by atoms with van der Waals surface area (Å²) < 4.78 is 27.0. The Bertz CT molecular complexity index is 584. The minimum absolute atomic E-state index is 0.130. The average Bonchev–Trinajstić information content (AvgIpc) is 2.88. The summed E-state index contributed by atoms with van der Waals surface area (Å²) >= 11 is 2.57. The van der Waals surface area contributed by atoms with Crippen molar-refractivity contribution in [2.45, 2.75) is 41.2 Å². The van der Waals surface area contributed by atoms with Gasteiger partial charge in [0.1, 0.15) is 0 Å². The third-order valence-electron chi connectivity index (χ3n) is 3.26. The molecular weight excluding hydrogens is 320 g/mol. The van der Waals surface area contributed by atoms with E-state index in [-0.39, 0.29) is 10.3 Å². The molecule has 1 fully saturated rings. The molecule has 2 N–H and O–H groups in total. The third kappa shape index (κ3) is 3.51. The Labute approximate surface area is 126 Å². The fourth-order valence-electron chi connectivity index (χ4n) is 2.31. The summed E-state index contributed by atoms with van der Waals surface area (Å²) in [6.45, 7) is 0. The second kappa shape index (κ2) is 6.42. The van der Waals surface area contributed by atoms with E-state index in [9.17, 15) is 13.2 Å². The monoisotopic (exact) mass is 336 g/mol. The van der Waals surface area contributed by atoms with E-state index < -0.39 is 21.7 Å². The number of nitrogens with zero attached hydrogens (tertiary/aromatic N) is 1. The van der Waals surface area contributed by atoms with Gasteiger partial charge in [-0.1, -0.05) is 6.42 Å². The number of aromatic nitrogens is 1. The molecule has 0 aromatic carbocycles. The Kier molecular flexibility index (Phi) is 5.05.